The quantitative estimate of drug-likeness (QED) is 0.287. The lowest BCUT2D eigenvalue weighted by Crippen LogP contribution is -2.71. The van der Waals surface area contributed by atoms with Crippen LogP contribution in [0.15, 0.2) is 30.6 Å². The van der Waals surface area contributed by atoms with Crippen molar-refractivity contribution >= 4 is 29.4 Å². The van der Waals surface area contributed by atoms with Gasteiger partial charge in [0.05, 0.1) is 29.6 Å². The van der Waals surface area contributed by atoms with Crippen molar-refractivity contribution in [3.05, 3.63) is 41.4 Å². The molecule has 2 amide bonds. The number of nitrogens with zero attached hydrogens (tertiary/aromatic N) is 2. The lowest BCUT2D eigenvalue weighted by Gasteiger charge is -2.57. The van der Waals surface area contributed by atoms with Crippen molar-refractivity contribution in [1.82, 2.24) is 20.6 Å². The van der Waals surface area contributed by atoms with E-state index in [0.29, 0.717) is 6.61 Å². The van der Waals surface area contributed by atoms with Crippen LogP contribution < -0.4 is 24.8 Å². The van der Waals surface area contributed by atoms with Gasteiger partial charge in [0, 0.05) is 18.0 Å². The summed E-state index contributed by atoms with van der Waals surface area (Å²) in [5.74, 6) is -4.25. The molecular formula is C26H27ClF4N4O7. The summed E-state index contributed by atoms with van der Waals surface area (Å²) in [4.78, 5) is 45.1. The van der Waals surface area contributed by atoms with Crippen LogP contribution in [0, 0.1) is 5.82 Å². The molecule has 1 heterocycles. The minimum Gasteiger partial charge on any atom is -0.484 e. The van der Waals surface area contributed by atoms with Crippen LogP contribution in [0.3, 0.4) is 0 Å². The number of esters is 1. The highest BCUT2D eigenvalue weighted by Gasteiger charge is 2.59. The molecule has 16 heteroatoms. The maximum Gasteiger partial charge on any atom is 0.490 e. The number of fused-ring (bicyclic) bond motifs is 3. The number of aromatic nitrogens is 2. The first kappa shape index (κ1) is 31.1. The summed E-state index contributed by atoms with van der Waals surface area (Å²) in [6.45, 7) is 1.11. The Morgan fingerprint density at radius 2 is 1.60 bits per heavy atom. The second kappa shape index (κ2) is 12.5. The average molecular weight is 619 g/mol. The van der Waals surface area contributed by atoms with Gasteiger partial charge >= 0.3 is 18.2 Å². The standard InChI is InChI=1S/C26H27ClF4N4O7/c1-2-39-23-32-11-16(12-33-23)41-13-20(36)34-24-5-7-25(8-6-24,19(10-24)42-22(38)26(29,30)31)35-21(37)14-40-15-3-4-17(27)18(28)9-15/h3-4,9,11-12,19H,2,5-8,10,13-14H2,1H3,(H,34,36)(H,35,37)/t19-,24?,25?/m0/s1. The molecule has 2 aromatic rings. The van der Waals surface area contributed by atoms with E-state index in [1.807, 2.05) is 0 Å². The number of hydrogen-bond donors (Lipinski definition) is 2. The zero-order valence-corrected chi connectivity index (χ0v) is 23.0. The third-order valence-electron chi connectivity index (χ3n) is 7.07. The van der Waals surface area contributed by atoms with E-state index in [0.717, 1.165) is 6.07 Å². The van der Waals surface area contributed by atoms with E-state index < -0.39 is 60.2 Å². The number of hydrogen-bond acceptors (Lipinski definition) is 9. The summed E-state index contributed by atoms with van der Waals surface area (Å²) < 4.78 is 73.7. The number of ether oxygens (including phenoxy) is 4. The number of rotatable bonds is 11. The van der Waals surface area contributed by atoms with Gasteiger partial charge in [-0.3, -0.25) is 9.59 Å². The van der Waals surface area contributed by atoms with E-state index in [1.54, 1.807) is 6.92 Å². The Bertz CT molecular complexity index is 1300. The van der Waals surface area contributed by atoms with E-state index in [1.165, 1.54) is 24.5 Å². The first-order valence-electron chi connectivity index (χ1n) is 12.9. The summed E-state index contributed by atoms with van der Waals surface area (Å²) in [6, 6.07) is 3.70. The van der Waals surface area contributed by atoms with Gasteiger partial charge in [0.25, 0.3) is 11.8 Å². The van der Waals surface area contributed by atoms with Crippen LogP contribution in [0.4, 0.5) is 17.6 Å². The van der Waals surface area contributed by atoms with Crippen LogP contribution in [0.1, 0.15) is 39.0 Å². The molecule has 3 saturated carbocycles. The lowest BCUT2D eigenvalue weighted by molar-refractivity contribution is -0.215. The minimum atomic E-state index is -5.27. The van der Waals surface area contributed by atoms with Gasteiger partial charge in [-0.1, -0.05) is 11.6 Å². The van der Waals surface area contributed by atoms with Crippen molar-refractivity contribution in [2.75, 3.05) is 19.8 Å². The average Bonchev–Trinajstić information content (AvgIpc) is 2.94. The highest BCUT2D eigenvalue weighted by atomic mass is 35.5. The third-order valence-corrected chi connectivity index (χ3v) is 7.38. The van der Waals surface area contributed by atoms with Crippen LogP contribution in [0.25, 0.3) is 0 Å². The second-order valence-electron chi connectivity index (χ2n) is 9.92. The van der Waals surface area contributed by atoms with Crippen molar-refractivity contribution in [3.63, 3.8) is 0 Å². The van der Waals surface area contributed by atoms with E-state index in [4.69, 9.17) is 30.5 Å². The Morgan fingerprint density at radius 1 is 0.976 bits per heavy atom. The minimum absolute atomic E-state index is 0.0117. The molecule has 42 heavy (non-hydrogen) atoms. The highest BCUT2D eigenvalue weighted by Crippen LogP contribution is 2.48. The number of amides is 2. The first-order chi connectivity index (χ1) is 19.8. The van der Waals surface area contributed by atoms with Crippen molar-refractivity contribution < 1.29 is 50.9 Å². The summed E-state index contributed by atoms with van der Waals surface area (Å²) in [7, 11) is 0. The molecule has 2 bridgehead atoms. The van der Waals surface area contributed by atoms with Gasteiger partial charge in [-0.2, -0.15) is 23.1 Å². The van der Waals surface area contributed by atoms with Gasteiger partial charge in [0.2, 0.25) is 0 Å². The number of carbonyl (C=O) groups is 3. The normalized spacial score (nSPS) is 23.0. The van der Waals surface area contributed by atoms with Gasteiger partial charge in [-0.15, -0.1) is 0 Å². The molecule has 5 rings (SSSR count). The molecule has 0 radical (unpaired) electrons. The smallest absolute Gasteiger partial charge is 0.484 e. The maximum atomic E-state index is 13.7. The van der Waals surface area contributed by atoms with Crippen LogP contribution in [0.5, 0.6) is 17.5 Å². The Labute approximate surface area is 242 Å². The van der Waals surface area contributed by atoms with Gasteiger partial charge in [0.15, 0.2) is 19.0 Å². The first-order valence-corrected chi connectivity index (χ1v) is 13.3. The predicted octanol–water partition coefficient (Wildman–Crippen LogP) is 3.29. The topological polar surface area (TPSA) is 138 Å². The zero-order valence-electron chi connectivity index (χ0n) is 22.3. The molecule has 1 atom stereocenters. The maximum absolute atomic E-state index is 13.7. The number of halogens is 5. The largest absolute Gasteiger partial charge is 0.490 e. The lowest BCUT2D eigenvalue weighted by atomic mass is 9.59. The Morgan fingerprint density at radius 3 is 2.19 bits per heavy atom. The van der Waals surface area contributed by atoms with Crippen LogP contribution in [-0.4, -0.2) is 70.9 Å². The fourth-order valence-electron chi connectivity index (χ4n) is 5.08. The summed E-state index contributed by atoms with van der Waals surface area (Å²) in [6.07, 6.45) is -3.49. The summed E-state index contributed by atoms with van der Waals surface area (Å²) in [5, 5.41) is 5.33. The van der Waals surface area contributed by atoms with Crippen molar-refractivity contribution in [3.8, 4) is 17.5 Å². The molecule has 228 valence electrons. The zero-order chi connectivity index (χ0) is 30.5. The molecule has 0 saturated heterocycles. The molecule has 3 aliphatic carbocycles. The van der Waals surface area contributed by atoms with Gasteiger partial charge in [0.1, 0.15) is 17.7 Å². The third kappa shape index (κ3) is 7.49. The van der Waals surface area contributed by atoms with Gasteiger partial charge < -0.3 is 29.6 Å². The molecule has 11 nitrogen and oxygen atoms in total. The molecule has 2 N–H and O–H groups in total. The number of nitrogens with one attached hydrogen (secondary N) is 2. The highest BCUT2D eigenvalue weighted by molar-refractivity contribution is 6.30. The molecule has 3 aliphatic rings. The monoisotopic (exact) mass is 618 g/mol. The molecule has 3 fully saturated rings. The SMILES string of the molecule is CCOc1ncc(OCC(=O)NC23CCC(NC(=O)COc4ccc(Cl)c(F)c4)(CC2)[C@@H](OC(=O)C(F)(F)F)C3)cn1. The van der Waals surface area contributed by atoms with E-state index in [9.17, 15) is 31.9 Å². The van der Waals surface area contributed by atoms with E-state index in [2.05, 4.69) is 20.6 Å². The van der Waals surface area contributed by atoms with Crippen LogP contribution in [0.2, 0.25) is 5.02 Å². The molecule has 1 aromatic carbocycles. The van der Waals surface area contributed by atoms with Gasteiger partial charge in [-0.05, 0) is 44.7 Å². The number of alkyl halides is 3. The molecule has 1 aromatic heterocycles. The Kier molecular flexibility index (Phi) is 9.28. The fourth-order valence-corrected chi connectivity index (χ4v) is 5.19. The number of carbonyl (C=O) groups excluding carboxylic acids is 3. The fraction of sp³-hybridized carbons (Fsp3) is 0.500. The van der Waals surface area contributed by atoms with Crippen molar-refractivity contribution in [2.45, 2.75) is 62.4 Å². The Hall–Kier alpha value is -3.88. The van der Waals surface area contributed by atoms with Crippen molar-refractivity contribution in [1.29, 1.82) is 0 Å². The van der Waals surface area contributed by atoms with Crippen molar-refractivity contribution in [2.24, 2.45) is 0 Å². The second-order valence-corrected chi connectivity index (χ2v) is 10.3. The molecular weight excluding hydrogens is 592 g/mol. The predicted molar refractivity (Wildman–Crippen MR) is 136 cm³/mol. The van der Waals surface area contributed by atoms with E-state index >= 15 is 0 Å². The molecule has 0 unspecified atom stereocenters. The van der Waals surface area contributed by atoms with Crippen LogP contribution >= 0.6 is 11.6 Å². The van der Waals surface area contributed by atoms with Crippen LogP contribution in [-0.2, 0) is 19.1 Å². The molecule has 0 spiro atoms. The summed E-state index contributed by atoms with van der Waals surface area (Å²) >= 11 is 5.63. The summed E-state index contributed by atoms with van der Waals surface area (Å²) in [5.41, 5.74) is -2.34. The number of benzene rings is 1. The molecule has 0 aliphatic heterocycles. The van der Waals surface area contributed by atoms with Gasteiger partial charge in [-0.25, -0.2) is 9.18 Å². The Balaban J connectivity index is 1.40. The van der Waals surface area contributed by atoms with E-state index in [-0.39, 0.29) is 54.6 Å².